The molecule has 1 aliphatic rings. The quantitative estimate of drug-likeness (QED) is 0.203. The van der Waals surface area contributed by atoms with E-state index in [4.69, 9.17) is 37.7 Å². The Balaban J connectivity index is 1.39. The molecule has 194 valence electrons. The number of aromatic nitrogens is 2. The molecule has 5 rings (SSSR count). The highest BCUT2D eigenvalue weighted by Gasteiger charge is 2.15. The normalized spacial score (nSPS) is 14.2. The van der Waals surface area contributed by atoms with Crippen LogP contribution in [0.25, 0.3) is 22.4 Å². The number of benzene rings is 3. The SMILES string of the molecule is CCCCn1c(-c2cccc(Oc3cc(Cl)cc(Cl)c3)c2)nc2ccc(OCCN3CCCCC3)cc21. The topological polar surface area (TPSA) is 39.5 Å². The Labute approximate surface area is 228 Å². The summed E-state index contributed by atoms with van der Waals surface area (Å²) in [5, 5.41) is 1.07. The number of piperidine rings is 1. The fraction of sp³-hybridized carbons (Fsp3) is 0.367. The molecule has 0 saturated carbocycles. The first-order valence-electron chi connectivity index (χ1n) is 13.2. The summed E-state index contributed by atoms with van der Waals surface area (Å²) in [6.45, 7) is 7.13. The van der Waals surface area contributed by atoms with Crippen LogP contribution in [0.4, 0.5) is 0 Å². The zero-order valence-electron chi connectivity index (χ0n) is 21.3. The number of hydrogen-bond donors (Lipinski definition) is 0. The van der Waals surface area contributed by atoms with Crippen LogP contribution < -0.4 is 9.47 Å². The van der Waals surface area contributed by atoms with Crippen LogP contribution in [0.15, 0.2) is 60.7 Å². The van der Waals surface area contributed by atoms with Crippen LogP contribution in [0.3, 0.4) is 0 Å². The van der Waals surface area contributed by atoms with E-state index in [0.717, 1.165) is 54.1 Å². The molecule has 0 aliphatic carbocycles. The van der Waals surface area contributed by atoms with Crippen molar-refractivity contribution in [3.8, 4) is 28.6 Å². The summed E-state index contributed by atoms with van der Waals surface area (Å²) >= 11 is 12.3. The van der Waals surface area contributed by atoms with Crippen molar-refractivity contribution in [2.45, 2.75) is 45.6 Å². The van der Waals surface area contributed by atoms with Gasteiger partial charge in [0, 0.05) is 34.8 Å². The monoisotopic (exact) mass is 537 g/mol. The van der Waals surface area contributed by atoms with Crippen molar-refractivity contribution in [3.05, 3.63) is 70.7 Å². The van der Waals surface area contributed by atoms with Gasteiger partial charge in [-0.25, -0.2) is 4.98 Å². The van der Waals surface area contributed by atoms with Gasteiger partial charge in [-0.15, -0.1) is 0 Å². The number of fused-ring (bicyclic) bond motifs is 1. The number of likely N-dealkylation sites (tertiary alicyclic amines) is 1. The number of imidazole rings is 1. The van der Waals surface area contributed by atoms with Crippen molar-refractivity contribution in [3.63, 3.8) is 0 Å². The minimum atomic E-state index is 0.536. The van der Waals surface area contributed by atoms with E-state index >= 15 is 0 Å². The lowest BCUT2D eigenvalue weighted by Crippen LogP contribution is -2.33. The smallest absolute Gasteiger partial charge is 0.141 e. The second-order valence-corrected chi connectivity index (χ2v) is 10.4. The first kappa shape index (κ1) is 25.9. The summed E-state index contributed by atoms with van der Waals surface area (Å²) < 4.78 is 14.5. The average molecular weight is 539 g/mol. The van der Waals surface area contributed by atoms with Crippen LogP contribution in [-0.4, -0.2) is 40.7 Å². The fourth-order valence-corrected chi connectivity index (χ4v) is 5.36. The van der Waals surface area contributed by atoms with E-state index in [1.807, 2.05) is 24.3 Å². The number of ether oxygens (including phenoxy) is 2. The summed E-state index contributed by atoms with van der Waals surface area (Å²) in [7, 11) is 0. The van der Waals surface area contributed by atoms with Gasteiger partial charge in [-0.2, -0.15) is 0 Å². The molecule has 1 fully saturated rings. The average Bonchev–Trinajstić information content (AvgIpc) is 3.25. The predicted octanol–water partition coefficient (Wildman–Crippen LogP) is 8.47. The highest BCUT2D eigenvalue weighted by molar-refractivity contribution is 6.34. The number of rotatable bonds is 10. The molecule has 0 atom stereocenters. The lowest BCUT2D eigenvalue weighted by atomic mass is 10.1. The van der Waals surface area contributed by atoms with Gasteiger partial charge in [-0.05, 0) is 74.8 Å². The van der Waals surface area contributed by atoms with E-state index in [2.05, 4.69) is 34.6 Å². The molecule has 0 unspecified atom stereocenters. The molecule has 0 radical (unpaired) electrons. The number of hydrogen-bond acceptors (Lipinski definition) is 4. The fourth-order valence-electron chi connectivity index (χ4n) is 4.85. The van der Waals surface area contributed by atoms with Crippen molar-refractivity contribution in [1.29, 1.82) is 0 Å². The van der Waals surface area contributed by atoms with E-state index in [-0.39, 0.29) is 0 Å². The van der Waals surface area contributed by atoms with Crippen molar-refractivity contribution < 1.29 is 9.47 Å². The van der Waals surface area contributed by atoms with E-state index in [9.17, 15) is 0 Å². The minimum absolute atomic E-state index is 0.536. The number of halogens is 2. The molecule has 1 aliphatic heterocycles. The van der Waals surface area contributed by atoms with Gasteiger partial charge in [0.1, 0.15) is 29.7 Å². The highest BCUT2D eigenvalue weighted by atomic mass is 35.5. The molecule has 4 aromatic rings. The maximum atomic E-state index is 6.17. The van der Waals surface area contributed by atoms with Crippen LogP contribution in [0, 0.1) is 0 Å². The number of aryl methyl sites for hydroxylation is 1. The van der Waals surface area contributed by atoms with E-state index < -0.39 is 0 Å². The summed E-state index contributed by atoms with van der Waals surface area (Å²) in [6.07, 6.45) is 6.11. The Kier molecular flexibility index (Phi) is 8.55. The Hall–Kier alpha value is -2.73. The van der Waals surface area contributed by atoms with Crippen molar-refractivity contribution in [2.75, 3.05) is 26.2 Å². The van der Waals surface area contributed by atoms with E-state index in [1.165, 1.54) is 32.4 Å². The maximum absolute atomic E-state index is 6.17. The van der Waals surface area contributed by atoms with Crippen LogP contribution in [0.1, 0.15) is 39.0 Å². The van der Waals surface area contributed by atoms with E-state index in [1.54, 1.807) is 18.2 Å². The second kappa shape index (κ2) is 12.2. The minimum Gasteiger partial charge on any atom is -0.492 e. The highest BCUT2D eigenvalue weighted by Crippen LogP contribution is 2.33. The largest absolute Gasteiger partial charge is 0.492 e. The maximum Gasteiger partial charge on any atom is 0.141 e. The molecular weight excluding hydrogens is 505 g/mol. The Morgan fingerprint density at radius 2 is 1.65 bits per heavy atom. The van der Waals surface area contributed by atoms with Crippen LogP contribution in [0.5, 0.6) is 17.2 Å². The van der Waals surface area contributed by atoms with Gasteiger partial charge >= 0.3 is 0 Å². The molecule has 0 amide bonds. The first-order valence-corrected chi connectivity index (χ1v) is 13.9. The predicted molar refractivity (Wildman–Crippen MR) is 152 cm³/mol. The Morgan fingerprint density at radius 3 is 2.43 bits per heavy atom. The molecule has 7 heteroatoms. The zero-order valence-corrected chi connectivity index (χ0v) is 22.8. The molecule has 0 bridgehead atoms. The van der Waals surface area contributed by atoms with Crippen molar-refractivity contribution in [1.82, 2.24) is 14.5 Å². The standard InChI is InChI=1S/C30H33Cl2N3O2/c1-2-3-14-35-29-21-25(36-16-15-34-12-5-4-6-13-34)10-11-28(29)33-30(35)22-8-7-9-26(17-22)37-27-19-23(31)18-24(32)20-27/h7-11,17-21H,2-6,12-16H2,1H3. The van der Waals surface area contributed by atoms with Crippen molar-refractivity contribution >= 4 is 34.2 Å². The second-order valence-electron chi connectivity index (χ2n) is 9.58. The first-order chi connectivity index (χ1) is 18.1. The summed E-state index contributed by atoms with van der Waals surface area (Å²) in [5.41, 5.74) is 3.04. The van der Waals surface area contributed by atoms with Gasteiger partial charge < -0.3 is 14.0 Å². The third-order valence-electron chi connectivity index (χ3n) is 6.74. The van der Waals surface area contributed by atoms with Gasteiger partial charge in [-0.3, -0.25) is 4.90 Å². The van der Waals surface area contributed by atoms with Gasteiger partial charge in [0.05, 0.1) is 11.0 Å². The van der Waals surface area contributed by atoms with Gasteiger partial charge in [-0.1, -0.05) is 55.1 Å². The van der Waals surface area contributed by atoms with E-state index in [0.29, 0.717) is 28.2 Å². The summed E-state index contributed by atoms with van der Waals surface area (Å²) in [6, 6.07) is 19.4. The molecule has 3 aromatic carbocycles. The number of unbranched alkanes of at least 4 members (excludes halogenated alkanes) is 1. The molecule has 0 N–H and O–H groups in total. The third-order valence-corrected chi connectivity index (χ3v) is 7.18. The Bertz CT molecular complexity index is 1330. The van der Waals surface area contributed by atoms with Gasteiger partial charge in [0.25, 0.3) is 0 Å². The molecule has 5 nitrogen and oxygen atoms in total. The van der Waals surface area contributed by atoms with Gasteiger partial charge in [0.15, 0.2) is 0 Å². The van der Waals surface area contributed by atoms with Crippen LogP contribution >= 0.6 is 23.2 Å². The molecule has 37 heavy (non-hydrogen) atoms. The lowest BCUT2D eigenvalue weighted by molar-refractivity contribution is 0.183. The lowest BCUT2D eigenvalue weighted by Gasteiger charge is -2.26. The summed E-state index contributed by atoms with van der Waals surface area (Å²) in [4.78, 5) is 7.51. The van der Waals surface area contributed by atoms with Crippen LogP contribution in [0.2, 0.25) is 10.0 Å². The van der Waals surface area contributed by atoms with Gasteiger partial charge in [0.2, 0.25) is 0 Å². The molecule has 1 saturated heterocycles. The summed E-state index contributed by atoms with van der Waals surface area (Å²) in [5.74, 6) is 3.11. The molecule has 2 heterocycles. The van der Waals surface area contributed by atoms with Crippen LogP contribution in [-0.2, 0) is 6.54 Å². The van der Waals surface area contributed by atoms with Crippen molar-refractivity contribution in [2.24, 2.45) is 0 Å². The Morgan fingerprint density at radius 1 is 0.838 bits per heavy atom. The zero-order chi connectivity index (χ0) is 25.6. The molecule has 0 spiro atoms. The third kappa shape index (κ3) is 6.59. The number of nitrogens with zero attached hydrogens (tertiary/aromatic N) is 3. The molecular formula is C30H33Cl2N3O2. The molecule has 1 aromatic heterocycles.